The molecule has 0 aromatic rings. The minimum absolute atomic E-state index is 1.14. The Labute approximate surface area is 40.2 Å². The van der Waals surface area contributed by atoms with Crippen molar-refractivity contribution in [2.24, 2.45) is 0 Å². The molecular weight excluding hydrogens is 127 g/mol. The zero-order chi connectivity index (χ0) is 4.28. The van der Waals surface area contributed by atoms with Crippen LogP contribution in [0.2, 0.25) is 0 Å². The van der Waals surface area contributed by atoms with E-state index in [9.17, 15) is 0 Å². The van der Waals surface area contributed by atoms with E-state index in [1.165, 1.54) is 0 Å². The number of hydrogen-bond acceptors (Lipinski definition) is 0. The van der Waals surface area contributed by atoms with Gasteiger partial charge in [0, 0.05) is 0 Å². The van der Waals surface area contributed by atoms with Gasteiger partial charge in [-0.2, -0.15) is 0 Å². The Bertz CT molecular complexity index is 54.7. The molecule has 0 fully saturated rings. The van der Waals surface area contributed by atoms with Crippen molar-refractivity contribution >= 4 is 20.0 Å². The van der Waals surface area contributed by atoms with E-state index in [1.54, 1.807) is 6.08 Å². The van der Waals surface area contributed by atoms with Gasteiger partial charge in [-0.1, -0.05) is 0 Å². The van der Waals surface area contributed by atoms with E-state index in [4.69, 9.17) is 0 Å². The van der Waals surface area contributed by atoms with Crippen LogP contribution in [-0.2, 0) is 0 Å². The summed E-state index contributed by atoms with van der Waals surface area (Å²) in [5.74, 6) is 0. The summed E-state index contributed by atoms with van der Waals surface area (Å²) in [6.45, 7) is 5.46. The monoisotopic (exact) mass is 134 g/mol. The van der Waals surface area contributed by atoms with Gasteiger partial charge in [0.05, 0.1) is 0 Å². The van der Waals surface area contributed by atoms with Crippen molar-refractivity contribution < 1.29 is 0 Å². The fourth-order valence-corrected chi connectivity index (χ4v) is 0. The van der Waals surface area contributed by atoms with Crippen LogP contribution in [0.25, 0.3) is 0 Å². The Kier molecular flexibility index (Phi) is 2.43. The predicted molar refractivity (Wildman–Crippen MR) is 26.6 cm³/mol. The molecule has 0 aliphatic heterocycles. The summed E-state index contributed by atoms with van der Waals surface area (Å²) in [4.78, 5) is 0. The van der Waals surface area contributed by atoms with Crippen molar-refractivity contribution in [1.82, 2.24) is 0 Å². The average molecular weight is 133 g/mol. The normalized spacial score (nSPS) is 6.60. The first-order valence-electron chi connectivity index (χ1n) is 1.40. The van der Waals surface area contributed by atoms with Crippen molar-refractivity contribution in [2.45, 2.75) is 6.92 Å². The molecule has 0 heterocycles. The summed E-state index contributed by atoms with van der Waals surface area (Å²) in [6.07, 6.45) is 1.78. The van der Waals surface area contributed by atoms with E-state index in [2.05, 4.69) is 22.2 Å². The van der Waals surface area contributed by atoms with Gasteiger partial charge >= 0.3 is 39.6 Å². The molecule has 0 nitrogen and oxygen atoms in total. The maximum atomic E-state index is 3.49. The maximum absolute atomic E-state index is 3.49. The van der Waals surface area contributed by atoms with Gasteiger partial charge in [0.2, 0.25) is 0 Å². The van der Waals surface area contributed by atoms with Crippen LogP contribution >= 0.6 is 0 Å². The van der Waals surface area contributed by atoms with Gasteiger partial charge in [-0.05, 0) is 0 Å². The number of rotatable bonds is 1. The van der Waals surface area contributed by atoms with Crippen LogP contribution in [0.5, 0.6) is 0 Å². The third kappa shape index (κ3) is 4.13. The standard InChI is InChI=1S/C4H6Se/c1-3-4(2)5/h3H,1H2,2H3. The molecule has 0 aromatic carbocycles. The first kappa shape index (κ1) is 5.13. The summed E-state index contributed by atoms with van der Waals surface area (Å²) in [5, 5.41) is 0. The molecule has 0 unspecified atom stereocenters. The Morgan fingerprint density at radius 2 is 2.20 bits per heavy atom. The van der Waals surface area contributed by atoms with E-state index in [-0.39, 0.29) is 0 Å². The second-order valence-corrected chi connectivity index (χ2v) is 2.17. The summed E-state index contributed by atoms with van der Waals surface area (Å²) < 4.78 is 1.14. The Balaban J connectivity index is 3.20. The molecule has 0 aromatic heterocycles. The van der Waals surface area contributed by atoms with Gasteiger partial charge in [-0.3, -0.25) is 0 Å². The van der Waals surface area contributed by atoms with E-state index < -0.39 is 0 Å². The molecule has 0 aliphatic carbocycles. The molecule has 0 saturated heterocycles. The molecule has 0 bridgehead atoms. The van der Waals surface area contributed by atoms with Crippen LogP contribution in [0.1, 0.15) is 6.92 Å². The van der Waals surface area contributed by atoms with Gasteiger partial charge in [-0.15, -0.1) is 0 Å². The number of allylic oxidation sites excluding steroid dienone is 1. The van der Waals surface area contributed by atoms with E-state index in [1.807, 2.05) is 6.92 Å². The Morgan fingerprint density at radius 1 is 2.00 bits per heavy atom. The van der Waals surface area contributed by atoms with Gasteiger partial charge < -0.3 is 0 Å². The number of hydrogen-bond donors (Lipinski definition) is 0. The van der Waals surface area contributed by atoms with Crippen LogP contribution in [0.3, 0.4) is 0 Å². The van der Waals surface area contributed by atoms with Crippen LogP contribution in [0, 0.1) is 0 Å². The van der Waals surface area contributed by atoms with Crippen molar-refractivity contribution in [3.63, 3.8) is 0 Å². The summed E-state index contributed by atoms with van der Waals surface area (Å²) in [5.41, 5.74) is 0. The van der Waals surface area contributed by atoms with Crippen LogP contribution in [0.15, 0.2) is 12.7 Å². The molecule has 5 heavy (non-hydrogen) atoms. The fourth-order valence-electron chi connectivity index (χ4n) is 0. The van der Waals surface area contributed by atoms with E-state index >= 15 is 0 Å². The van der Waals surface area contributed by atoms with Gasteiger partial charge in [0.25, 0.3) is 0 Å². The topological polar surface area (TPSA) is 0 Å². The van der Waals surface area contributed by atoms with Crippen molar-refractivity contribution in [2.75, 3.05) is 0 Å². The zero-order valence-electron chi connectivity index (χ0n) is 3.19. The van der Waals surface area contributed by atoms with Crippen LogP contribution in [-0.4, -0.2) is 20.0 Å². The first-order valence-corrected chi connectivity index (χ1v) is 2.26. The summed E-state index contributed by atoms with van der Waals surface area (Å²) in [7, 11) is 0. The van der Waals surface area contributed by atoms with E-state index in [0.717, 1.165) is 4.42 Å². The van der Waals surface area contributed by atoms with E-state index in [0.29, 0.717) is 0 Å². The molecule has 0 N–H and O–H groups in total. The predicted octanol–water partition coefficient (Wildman–Crippen LogP) is 0.533. The Morgan fingerprint density at radius 3 is 2.20 bits per heavy atom. The fraction of sp³-hybridized carbons (Fsp3) is 0.250. The second kappa shape index (κ2) is 2.37. The second-order valence-electron chi connectivity index (χ2n) is 0.815. The zero-order valence-corrected chi connectivity index (χ0v) is 4.91. The van der Waals surface area contributed by atoms with Crippen molar-refractivity contribution in [3.8, 4) is 0 Å². The molecule has 0 spiro atoms. The minimum atomic E-state index is 1.14. The third-order valence-electron chi connectivity index (χ3n) is 0.287. The van der Waals surface area contributed by atoms with Gasteiger partial charge in [0.1, 0.15) is 0 Å². The SMILES string of the molecule is C=CC(C)=[Se]. The molecule has 0 amide bonds. The molecule has 28 valence electrons. The van der Waals surface area contributed by atoms with Crippen LogP contribution < -0.4 is 0 Å². The molecule has 0 saturated carbocycles. The average Bonchev–Trinajstić information content (AvgIpc) is 1.38. The molecule has 0 radical (unpaired) electrons. The van der Waals surface area contributed by atoms with Gasteiger partial charge in [-0.25, -0.2) is 0 Å². The van der Waals surface area contributed by atoms with Crippen molar-refractivity contribution in [1.29, 1.82) is 0 Å². The van der Waals surface area contributed by atoms with Crippen molar-refractivity contribution in [3.05, 3.63) is 12.7 Å². The van der Waals surface area contributed by atoms with Gasteiger partial charge in [0.15, 0.2) is 0 Å². The molecule has 0 atom stereocenters. The molecule has 0 rings (SSSR count). The first-order chi connectivity index (χ1) is 2.27. The molecular formula is C4H6Se. The Hall–Kier alpha value is 0.129. The summed E-state index contributed by atoms with van der Waals surface area (Å²) >= 11 is 2.79. The van der Waals surface area contributed by atoms with Crippen LogP contribution in [0.4, 0.5) is 0 Å². The summed E-state index contributed by atoms with van der Waals surface area (Å²) in [6, 6.07) is 0. The quantitative estimate of drug-likeness (QED) is 0.458. The molecule has 1 heteroatoms. The third-order valence-corrected chi connectivity index (χ3v) is 0.637. The molecule has 0 aliphatic rings.